The van der Waals surface area contributed by atoms with Gasteiger partial charge in [-0.25, -0.2) is 4.98 Å². The summed E-state index contributed by atoms with van der Waals surface area (Å²) in [5, 5.41) is 0.737. The number of ether oxygens (including phenoxy) is 1. The van der Waals surface area contributed by atoms with Gasteiger partial charge in [0.15, 0.2) is 0 Å². The van der Waals surface area contributed by atoms with Crippen LogP contribution in [0.1, 0.15) is 12.8 Å². The molecule has 2 saturated heterocycles. The van der Waals surface area contributed by atoms with E-state index in [-0.39, 0.29) is 5.56 Å². The molecule has 156 valence electrons. The summed E-state index contributed by atoms with van der Waals surface area (Å²) in [4.78, 5) is 24.8. The Bertz CT molecular complexity index is 896. The van der Waals surface area contributed by atoms with Crippen molar-refractivity contribution in [1.29, 1.82) is 0 Å². The highest BCUT2D eigenvalue weighted by molar-refractivity contribution is 5.81. The smallest absolute Gasteiger partial charge is 0.261 e. The fraction of sp³-hybridized carbons (Fsp3) is 0.636. The van der Waals surface area contributed by atoms with E-state index in [9.17, 15) is 4.79 Å². The molecule has 0 N–H and O–H groups in total. The summed E-state index contributed by atoms with van der Waals surface area (Å²) < 4.78 is 7.22. The second-order valence-corrected chi connectivity index (χ2v) is 8.63. The topological polar surface area (TPSA) is 53.8 Å². The summed E-state index contributed by atoms with van der Waals surface area (Å²) in [5.74, 6) is 0.672. The standard InChI is InChI=1S/C22H31N5O2/c28-22-20-4-3-19(15-21(20)23-17-27(22)16-18-1-2-18)26-9-7-24(8-10-26)5-6-25-11-13-29-14-12-25/h3-4,15,17-18H,1-2,5-14,16H2. The van der Waals surface area contributed by atoms with Crippen LogP contribution in [0, 0.1) is 5.92 Å². The number of rotatable bonds is 6. The number of piperazine rings is 1. The number of aromatic nitrogens is 2. The molecule has 2 aromatic rings. The second-order valence-electron chi connectivity index (χ2n) is 8.63. The number of morpholine rings is 1. The van der Waals surface area contributed by atoms with Gasteiger partial charge in [0, 0.05) is 64.6 Å². The van der Waals surface area contributed by atoms with Crippen LogP contribution in [0.4, 0.5) is 5.69 Å². The van der Waals surface area contributed by atoms with E-state index in [2.05, 4.69) is 31.8 Å². The van der Waals surface area contributed by atoms with Crippen LogP contribution >= 0.6 is 0 Å². The van der Waals surface area contributed by atoms with E-state index in [1.165, 1.54) is 18.5 Å². The monoisotopic (exact) mass is 397 g/mol. The molecule has 7 heteroatoms. The van der Waals surface area contributed by atoms with Gasteiger partial charge in [-0.15, -0.1) is 0 Å². The highest BCUT2D eigenvalue weighted by Crippen LogP contribution is 2.30. The third-order valence-electron chi connectivity index (χ3n) is 6.53. The Morgan fingerprint density at radius 1 is 0.966 bits per heavy atom. The van der Waals surface area contributed by atoms with E-state index in [4.69, 9.17) is 4.74 Å². The van der Waals surface area contributed by atoms with E-state index in [0.29, 0.717) is 5.92 Å². The molecule has 7 nitrogen and oxygen atoms in total. The van der Waals surface area contributed by atoms with E-state index in [1.807, 2.05) is 6.07 Å². The van der Waals surface area contributed by atoms with Gasteiger partial charge in [-0.05, 0) is 37.0 Å². The first-order valence-corrected chi connectivity index (χ1v) is 11.0. The average molecular weight is 398 g/mol. The Labute approximate surface area is 171 Å². The second kappa shape index (κ2) is 8.42. The first-order valence-electron chi connectivity index (χ1n) is 11.0. The van der Waals surface area contributed by atoms with E-state index in [0.717, 1.165) is 83.0 Å². The van der Waals surface area contributed by atoms with E-state index < -0.39 is 0 Å². The quantitative estimate of drug-likeness (QED) is 0.732. The minimum atomic E-state index is 0.0985. The summed E-state index contributed by atoms with van der Waals surface area (Å²) in [6.07, 6.45) is 4.21. The minimum absolute atomic E-state index is 0.0985. The molecule has 1 saturated carbocycles. The number of hydrogen-bond acceptors (Lipinski definition) is 6. The summed E-state index contributed by atoms with van der Waals surface area (Å²) in [5.41, 5.74) is 2.09. The Morgan fingerprint density at radius 2 is 1.69 bits per heavy atom. The molecule has 3 aliphatic rings. The summed E-state index contributed by atoms with van der Waals surface area (Å²) in [6.45, 7) is 11.2. The average Bonchev–Trinajstić information content (AvgIpc) is 3.59. The molecular formula is C22H31N5O2. The number of nitrogens with zero attached hydrogens (tertiary/aromatic N) is 5. The lowest BCUT2D eigenvalue weighted by Gasteiger charge is -2.37. The molecule has 3 fully saturated rings. The van der Waals surface area contributed by atoms with Gasteiger partial charge >= 0.3 is 0 Å². The van der Waals surface area contributed by atoms with Gasteiger partial charge in [-0.3, -0.25) is 19.2 Å². The van der Waals surface area contributed by atoms with Gasteiger partial charge in [0.2, 0.25) is 0 Å². The van der Waals surface area contributed by atoms with Crippen LogP contribution in [0.25, 0.3) is 10.9 Å². The summed E-state index contributed by atoms with van der Waals surface area (Å²) in [7, 11) is 0. The molecule has 0 spiro atoms. The molecule has 3 heterocycles. The zero-order valence-corrected chi connectivity index (χ0v) is 17.1. The van der Waals surface area contributed by atoms with Crippen LogP contribution in [0.2, 0.25) is 0 Å². The third-order valence-corrected chi connectivity index (χ3v) is 6.53. The minimum Gasteiger partial charge on any atom is -0.379 e. The Morgan fingerprint density at radius 3 is 2.41 bits per heavy atom. The Hall–Kier alpha value is -1.96. The first kappa shape index (κ1) is 19.0. The lowest BCUT2D eigenvalue weighted by atomic mass is 10.2. The van der Waals surface area contributed by atoms with Crippen LogP contribution in [0.15, 0.2) is 29.3 Å². The van der Waals surface area contributed by atoms with Crippen molar-refractivity contribution in [2.75, 3.05) is 70.5 Å². The van der Waals surface area contributed by atoms with Crippen molar-refractivity contribution in [2.45, 2.75) is 19.4 Å². The molecule has 29 heavy (non-hydrogen) atoms. The number of fused-ring (bicyclic) bond motifs is 1. The largest absolute Gasteiger partial charge is 0.379 e. The van der Waals surface area contributed by atoms with Gasteiger partial charge in [-0.1, -0.05) is 0 Å². The normalized spacial score (nSPS) is 21.7. The van der Waals surface area contributed by atoms with Crippen molar-refractivity contribution in [3.63, 3.8) is 0 Å². The van der Waals surface area contributed by atoms with Crippen molar-refractivity contribution in [3.05, 3.63) is 34.9 Å². The highest BCUT2D eigenvalue weighted by atomic mass is 16.5. The van der Waals surface area contributed by atoms with Crippen LogP contribution in [-0.2, 0) is 11.3 Å². The fourth-order valence-electron chi connectivity index (χ4n) is 4.39. The molecule has 1 aromatic heterocycles. The number of anilines is 1. The van der Waals surface area contributed by atoms with E-state index >= 15 is 0 Å². The predicted molar refractivity (Wildman–Crippen MR) is 115 cm³/mol. The molecule has 0 bridgehead atoms. The summed E-state index contributed by atoms with van der Waals surface area (Å²) in [6, 6.07) is 6.14. The zero-order chi connectivity index (χ0) is 19.6. The summed E-state index contributed by atoms with van der Waals surface area (Å²) >= 11 is 0. The van der Waals surface area contributed by atoms with Crippen LogP contribution in [0.3, 0.4) is 0 Å². The number of benzene rings is 1. The first-order chi connectivity index (χ1) is 14.3. The van der Waals surface area contributed by atoms with Crippen molar-refractivity contribution < 1.29 is 4.74 Å². The molecule has 1 aromatic carbocycles. The molecule has 2 aliphatic heterocycles. The maximum Gasteiger partial charge on any atom is 0.261 e. The zero-order valence-electron chi connectivity index (χ0n) is 17.1. The number of hydrogen-bond donors (Lipinski definition) is 0. The van der Waals surface area contributed by atoms with Crippen molar-refractivity contribution in [3.8, 4) is 0 Å². The maximum absolute atomic E-state index is 12.7. The molecule has 0 atom stereocenters. The van der Waals surface area contributed by atoms with Gasteiger partial charge < -0.3 is 9.64 Å². The highest BCUT2D eigenvalue weighted by Gasteiger charge is 2.23. The molecule has 5 rings (SSSR count). The van der Waals surface area contributed by atoms with Crippen LogP contribution in [0.5, 0.6) is 0 Å². The SMILES string of the molecule is O=c1c2ccc(N3CCN(CCN4CCOCC4)CC3)cc2ncn1CC1CC1. The predicted octanol–water partition coefficient (Wildman–Crippen LogP) is 1.26. The molecule has 1 aliphatic carbocycles. The molecule has 0 unspecified atom stereocenters. The Kier molecular flexibility index (Phi) is 5.52. The lowest BCUT2D eigenvalue weighted by molar-refractivity contribution is 0.0331. The molecular weight excluding hydrogens is 366 g/mol. The third kappa shape index (κ3) is 4.47. The van der Waals surface area contributed by atoms with Gasteiger partial charge in [0.25, 0.3) is 5.56 Å². The van der Waals surface area contributed by atoms with Gasteiger partial charge in [-0.2, -0.15) is 0 Å². The van der Waals surface area contributed by atoms with Gasteiger partial charge in [0.1, 0.15) is 0 Å². The maximum atomic E-state index is 12.7. The van der Waals surface area contributed by atoms with Crippen LogP contribution in [-0.4, -0.2) is 84.9 Å². The molecule has 0 radical (unpaired) electrons. The van der Waals surface area contributed by atoms with Crippen molar-refractivity contribution >= 4 is 16.6 Å². The van der Waals surface area contributed by atoms with Gasteiger partial charge in [0.05, 0.1) is 30.4 Å². The Balaban J connectivity index is 1.19. The van der Waals surface area contributed by atoms with Crippen LogP contribution < -0.4 is 10.5 Å². The van der Waals surface area contributed by atoms with Crippen molar-refractivity contribution in [2.24, 2.45) is 5.92 Å². The fourth-order valence-corrected chi connectivity index (χ4v) is 4.39. The van der Waals surface area contributed by atoms with E-state index in [1.54, 1.807) is 10.9 Å². The van der Waals surface area contributed by atoms with Crippen molar-refractivity contribution in [1.82, 2.24) is 19.4 Å². The molecule has 0 amide bonds. The lowest BCUT2D eigenvalue weighted by Crippen LogP contribution is -2.49.